The molecule has 0 atom stereocenters. The molecule has 2 N–H and O–H groups in total. The fourth-order valence-electron chi connectivity index (χ4n) is 2.37. The summed E-state index contributed by atoms with van der Waals surface area (Å²) in [6.45, 7) is 4.22. The monoisotopic (exact) mass is 250 g/mol. The molecule has 1 saturated heterocycles. The number of hydrogen-bond acceptors (Lipinski definition) is 5. The maximum atomic E-state index is 5.82. The molecule has 0 spiro atoms. The van der Waals surface area contributed by atoms with Crippen molar-refractivity contribution in [3.63, 3.8) is 0 Å². The summed E-state index contributed by atoms with van der Waals surface area (Å²) in [5.74, 6) is 2.02. The maximum absolute atomic E-state index is 5.82. The summed E-state index contributed by atoms with van der Waals surface area (Å²) >= 11 is 0. The molecule has 0 radical (unpaired) electrons. The summed E-state index contributed by atoms with van der Waals surface area (Å²) in [6.07, 6.45) is 5.53. The van der Waals surface area contributed by atoms with Gasteiger partial charge in [-0.15, -0.1) is 0 Å². The molecule has 1 fully saturated rings. The van der Waals surface area contributed by atoms with Crippen molar-refractivity contribution in [2.24, 2.45) is 0 Å². The van der Waals surface area contributed by atoms with Gasteiger partial charge in [-0.3, -0.25) is 0 Å². The van der Waals surface area contributed by atoms with Crippen LogP contribution in [-0.2, 0) is 6.42 Å². The Hall–Kier alpha value is -1.52. The van der Waals surface area contributed by atoms with Crippen LogP contribution in [0.3, 0.4) is 0 Å². The molecule has 0 aromatic carbocycles. The second-order valence-corrected chi connectivity index (χ2v) is 4.68. The van der Waals surface area contributed by atoms with Gasteiger partial charge in [0.05, 0.1) is 12.8 Å². The number of methoxy groups -OCH3 is 1. The van der Waals surface area contributed by atoms with Crippen molar-refractivity contribution >= 4 is 11.8 Å². The Morgan fingerprint density at radius 1 is 1.28 bits per heavy atom. The van der Waals surface area contributed by atoms with Crippen molar-refractivity contribution in [3.05, 3.63) is 5.69 Å². The molecule has 5 heteroatoms. The topological polar surface area (TPSA) is 64.3 Å². The molecule has 2 rings (SSSR count). The van der Waals surface area contributed by atoms with E-state index in [1.807, 2.05) is 0 Å². The Morgan fingerprint density at radius 3 is 2.61 bits per heavy atom. The van der Waals surface area contributed by atoms with Gasteiger partial charge in [-0.2, -0.15) is 4.98 Å². The highest BCUT2D eigenvalue weighted by Gasteiger charge is 2.21. The third kappa shape index (κ3) is 2.66. The summed E-state index contributed by atoms with van der Waals surface area (Å²) in [5.41, 5.74) is 6.76. The fraction of sp³-hybridized carbons (Fsp3) is 0.692. The molecule has 100 valence electrons. The Morgan fingerprint density at radius 2 is 2.00 bits per heavy atom. The van der Waals surface area contributed by atoms with Gasteiger partial charge in [0.1, 0.15) is 0 Å². The van der Waals surface area contributed by atoms with Crippen LogP contribution in [-0.4, -0.2) is 30.2 Å². The van der Waals surface area contributed by atoms with Crippen molar-refractivity contribution in [2.75, 3.05) is 30.8 Å². The molecule has 1 aliphatic heterocycles. The van der Waals surface area contributed by atoms with Crippen molar-refractivity contribution in [3.8, 4) is 5.75 Å². The molecule has 5 nitrogen and oxygen atoms in total. The summed E-state index contributed by atoms with van der Waals surface area (Å²) in [6, 6.07) is 0. The molecule has 2 heterocycles. The molecule has 18 heavy (non-hydrogen) atoms. The number of nitrogens with two attached hydrogens (primary N) is 1. The Kier molecular flexibility index (Phi) is 4.23. The van der Waals surface area contributed by atoms with E-state index in [0.29, 0.717) is 5.95 Å². The van der Waals surface area contributed by atoms with Crippen LogP contribution >= 0.6 is 0 Å². The van der Waals surface area contributed by atoms with Crippen LogP contribution in [0.15, 0.2) is 0 Å². The SMILES string of the molecule is CCCCc1nc(N)nc(N2CCCC2)c1OC. The van der Waals surface area contributed by atoms with Gasteiger partial charge >= 0.3 is 0 Å². The molecule has 1 aliphatic rings. The Labute approximate surface area is 108 Å². The highest BCUT2D eigenvalue weighted by atomic mass is 16.5. The van der Waals surface area contributed by atoms with Gasteiger partial charge in [0.2, 0.25) is 5.95 Å². The van der Waals surface area contributed by atoms with Crippen LogP contribution in [0.25, 0.3) is 0 Å². The average molecular weight is 250 g/mol. The number of hydrogen-bond donors (Lipinski definition) is 1. The van der Waals surface area contributed by atoms with E-state index in [1.165, 1.54) is 12.8 Å². The highest BCUT2D eigenvalue weighted by Crippen LogP contribution is 2.32. The zero-order valence-electron chi connectivity index (χ0n) is 11.3. The van der Waals surface area contributed by atoms with Gasteiger partial charge in [0, 0.05) is 13.1 Å². The molecule has 0 bridgehead atoms. The maximum Gasteiger partial charge on any atom is 0.222 e. The number of ether oxygens (including phenoxy) is 1. The summed E-state index contributed by atoms with van der Waals surface area (Å²) < 4.78 is 5.52. The van der Waals surface area contributed by atoms with E-state index in [2.05, 4.69) is 21.8 Å². The number of rotatable bonds is 5. The molecule has 1 aromatic rings. The van der Waals surface area contributed by atoms with Gasteiger partial charge < -0.3 is 15.4 Å². The molecular weight excluding hydrogens is 228 g/mol. The second-order valence-electron chi connectivity index (χ2n) is 4.68. The van der Waals surface area contributed by atoms with E-state index >= 15 is 0 Å². The van der Waals surface area contributed by atoms with Gasteiger partial charge in [-0.1, -0.05) is 13.3 Å². The molecule has 0 aliphatic carbocycles. The fourth-order valence-corrected chi connectivity index (χ4v) is 2.37. The van der Waals surface area contributed by atoms with Crippen molar-refractivity contribution < 1.29 is 4.74 Å². The number of unbranched alkanes of at least 4 members (excludes halogenated alkanes) is 1. The average Bonchev–Trinajstić information content (AvgIpc) is 2.89. The lowest BCUT2D eigenvalue weighted by Crippen LogP contribution is -2.21. The van der Waals surface area contributed by atoms with E-state index in [0.717, 1.165) is 49.6 Å². The lowest BCUT2D eigenvalue weighted by molar-refractivity contribution is 0.404. The van der Waals surface area contributed by atoms with E-state index < -0.39 is 0 Å². The number of nitrogen functional groups attached to an aromatic ring is 1. The lowest BCUT2D eigenvalue weighted by Gasteiger charge is -2.21. The largest absolute Gasteiger partial charge is 0.491 e. The number of anilines is 2. The zero-order valence-corrected chi connectivity index (χ0v) is 11.3. The summed E-state index contributed by atoms with van der Waals surface area (Å²) in [7, 11) is 1.68. The van der Waals surface area contributed by atoms with E-state index in [4.69, 9.17) is 10.5 Å². The van der Waals surface area contributed by atoms with Crippen LogP contribution in [0.4, 0.5) is 11.8 Å². The van der Waals surface area contributed by atoms with E-state index in [9.17, 15) is 0 Å². The van der Waals surface area contributed by atoms with Crippen LogP contribution in [0.5, 0.6) is 5.75 Å². The smallest absolute Gasteiger partial charge is 0.222 e. The third-order valence-corrected chi connectivity index (χ3v) is 3.31. The van der Waals surface area contributed by atoms with Gasteiger partial charge in [0.25, 0.3) is 0 Å². The van der Waals surface area contributed by atoms with Crippen LogP contribution in [0, 0.1) is 0 Å². The molecular formula is C13H22N4O. The number of aromatic nitrogens is 2. The van der Waals surface area contributed by atoms with Gasteiger partial charge in [0.15, 0.2) is 11.6 Å². The first kappa shape index (κ1) is 12.9. The first-order valence-electron chi connectivity index (χ1n) is 6.71. The standard InChI is InChI=1S/C13H22N4O/c1-3-4-7-10-11(18-2)12(16-13(14)15-10)17-8-5-6-9-17/h3-9H2,1-2H3,(H2,14,15,16). The minimum atomic E-state index is 0.351. The number of aryl methyl sites for hydroxylation is 1. The van der Waals surface area contributed by atoms with Crippen LogP contribution in [0.1, 0.15) is 38.3 Å². The van der Waals surface area contributed by atoms with E-state index in [1.54, 1.807) is 7.11 Å². The quantitative estimate of drug-likeness (QED) is 0.866. The highest BCUT2D eigenvalue weighted by molar-refractivity contribution is 5.57. The van der Waals surface area contributed by atoms with Crippen molar-refractivity contribution in [2.45, 2.75) is 39.0 Å². The van der Waals surface area contributed by atoms with Crippen LogP contribution in [0.2, 0.25) is 0 Å². The molecule has 0 amide bonds. The normalized spacial score (nSPS) is 15.1. The zero-order chi connectivity index (χ0) is 13.0. The minimum absolute atomic E-state index is 0.351. The van der Waals surface area contributed by atoms with Crippen molar-refractivity contribution in [1.29, 1.82) is 0 Å². The summed E-state index contributed by atoms with van der Waals surface area (Å²) in [4.78, 5) is 10.9. The van der Waals surface area contributed by atoms with Gasteiger partial charge in [-0.25, -0.2) is 4.98 Å². The number of nitrogens with zero attached hydrogens (tertiary/aromatic N) is 3. The Balaban J connectivity index is 2.33. The van der Waals surface area contributed by atoms with Gasteiger partial charge in [-0.05, 0) is 25.7 Å². The van der Waals surface area contributed by atoms with Crippen molar-refractivity contribution in [1.82, 2.24) is 9.97 Å². The predicted molar refractivity (Wildman–Crippen MR) is 73.1 cm³/mol. The molecule has 1 aromatic heterocycles. The van der Waals surface area contributed by atoms with E-state index in [-0.39, 0.29) is 0 Å². The van der Waals surface area contributed by atoms with Crippen LogP contribution < -0.4 is 15.4 Å². The Bertz CT molecular complexity index is 402. The molecule has 0 saturated carbocycles. The predicted octanol–water partition coefficient (Wildman–Crippen LogP) is 2.01. The summed E-state index contributed by atoms with van der Waals surface area (Å²) in [5, 5.41) is 0. The lowest BCUT2D eigenvalue weighted by atomic mass is 10.2. The second kappa shape index (κ2) is 5.89. The minimum Gasteiger partial charge on any atom is -0.491 e. The first-order valence-corrected chi connectivity index (χ1v) is 6.71. The first-order chi connectivity index (χ1) is 8.76. The third-order valence-electron chi connectivity index (χ3n) is 3.31. The molecule has 0 unspecified atom stereocenters.